The lowest BCUT2D eigenvalue weighted by Gasteiger charge is -2.20. The van der Waals surface area contributed by atoms with Crippen molar-refractivity contribution < 1.29 is 8.42 Å². The van der Waals surface area contributed by atoms with E-state index in [2.05, 4.69) is 15.5 Å². The molecule has 31 heavy (non-hydrogen) atoms. The van der Waals surface area contributed by atoms with Gasteiger partial charge in [-0.1, -0.05) is 55.3 Å². The Labute approximate surface area is 184 Å². The third-order valence-electron chi connectivity index (χ3n) is 5.58. The molecule has 0 bridgehead atoms. The number of hydrogen-bond donors (Lipinski definition) is 1. The van der Waals surface area contributed by atoms with Crippen LogP contribution < -0.4 is 5.32 Å². The molecule has 1 aliphatic heterocycles. The van der Waals surface area contributed by atoms with Gasteiger partial charge in [0, 0.05) is 25.2 Å². The number of aromatic nitrogens is 2. The molecule has 1 aliphatic rings. The van der Waals surface area contributed by atoms with Gasteiger partial charge in [0.15, 0.2) is 0 Å². The molecular formula is C24H28N4O2S. The minimum absolute atomic E-state index is 0.383. The van der Waals surface area contributed by atoms with E-state index < -0.39 is 10.0 Å². The Bertz CT molecular complexity index is 1060. The van der Waals surface area contributed by atoms with Gasteiger partial charge >= 0.3 is 0 Å². The van der Waals surface area contributed by atoms with Crippen LogP contribution in [0.5, 0.6) is 0 Å². The van der Waals surface area contributed by atoms with Crippen molar-refractivity contribution in [1.82, 2.24) is 14.5 Å². The zero-order chi connectivity index (χ0) is 21.5. The Kier molecular flexibility index (Phi) is 6.94. The zero-order valence-electron chi connectivity index (χ0n) is 17.6. The van der Waals surface area contributed by atoms with Crippen LogP contribution in [0.4, 0.5) is 5.82 Å². The summed E-state index contributed by atoms with van der Waals surface area (Å²) in [5, 5.41) is 11.8. The normalized spacial score (nSPS) is 15.4. The van der Waals surface area contributed by atoms with E-state index in [9.17, 15) is 8.42 Å². The van der Waals surface area contributed by atoms with Crippen molar-refractivity contribution in [2.24, 2.45) is 0 Å². The number of nitrogens with one attached hydrogen (secondary N) is 1. The predicted octanol–water partition coefficient (Wildman–Crippen LogP) is 4.36. The number of nitrogens with zero attached hydrogens (tertiary/aromatic N) is 3. The van der Waals surface area contributed by atoms with Gasteiger partial charge in [0.25, 0.3) is 0 Å². The number of anilines is 1. The summed E-state index contributed by atoms with van der Waals surface area (Å²) in [6, 6.07) is 21.1. The number of benzene rings is 2. The van der Waals surface area contributed by atoms with Crippen molar-refractivity contribution >= 4 is 15.8 Å². The van der Waals surface area contributed by atoms with Crippen LogP contribution in [0.25, 0.3) is 11.3 Å². The number of hydrogen-bond acceptors (Lipinski definition) is 5. The van der Waals surface area contributed by atoms with Gasteiger partial charge in [0.1, 0.15) is 5.82 Å². The van der Waals surface area contributed by atoms with E-state index in [0.717, 1.165) is 54.7 Å². The largest absolute Gasteiger partial charge is 0.368 e. The lowest BCUT2D eigenvalue weighted by atomic mass is 10.1. The van der Waals surface area contributed by atoms with E-state index >= 15 is 0 Å². The maximum Gasteiger partial charge on any atom is 0.243 e. The molecule has 3 aromatic rings. The van der Waals surface area contributed by atoms with Gasteiger partial charge in [-0.3, -0.25) is 0 Å². The molecule has 0 unspecified atom stereocenters. The molecule has 7 heteroatoms. The van der Waals surface area contributed by atoms with Crippen LogP contribution in [0.15, 0.2) is 71.6 Å². The van der Waals surface area contributed by atoms with Gasteiger partial charge in [-0.2, -0.15) is 4.31 Å². The highest BCUT2D eigenvalue weighted by Crippen LogP contribution is 2.21. The summed E-state index contributed by atoms with van der Waals surface area (Å²) in [6.07, 6.45) is 4.87. The summed E-state index contributed by atoms with van der Waals surface area (Å²) < 4.78 is 27.4. The molecule has 1 saturated heterocycles. The smallest absolute Gasteiger partial charge is 0.243 e. The van der Waals surface area contributed by atoms with E-state index in [1.165, 1.54) is 0 Å². The Balaban J connectivity index is 1.31. The molecule has 0 spiro atoms. The quantitative estimate of drug-likeness (QED) is 0.595. The predicted molar refractivity (Wildman–Crippen MR) is 123 cm³/mol. The average Bonchev–Trinajstić information content (AvgIpc) is 3.11. The van der Waals surface area contributed by atoms with Gasteiger partial charge in [-0.15, -0.1) is 10.2 Å². The fourth-order valence-corrected chi connectivity index (χ4v) is 5.30. The molecule has 4 rings (SSSR count). The van der Waals surface area contributed by atoms with Crippen LogP contribution in [-0.4, -0.2) is 42.6 Å². The Morgan fingerprint density at radius 1 is 0.806 bits per heavy atom. The second kappa shape index (κ2) is 10.0. The van der Waals surface area contributed by atoms with Crippen molar-refractivity contribution in [3.8, 4) is 11.3 Å². The number of sulfonamides is 1. The highest BCUT2D eigenvalue weighted by atomic mass is 32.2. The van der Waals surface area contributed by atoms with Gasteiger partial charge in [-0.05, 0) is 49.1 Å². The van der Waals surface area contributed by atoms with Crippen LogP contribution in [0, 0.1) is 0 Å². The van der Waals surface area contributed by atoms with Crippen LogP contribution in [0.2, 0.25) is 0 Å². The van der Waals surface area contributed by atoms with Crippen LogP contribution in [-0.2, 0) is 16.4 Å². The monoisotopic (exact) mass is 436 g/mol. The lowest BCUT2D eigenvalue weighted by Crippen LogP contribution is -2.31. The first-order valence-electron chi connectivity index (χ1n) is 10.8. The minimum Gasteiger partial charge on any atom is -0.368 e. The van der Waals surface area contributed by atoms with E-state index in [1.807, 2.05) is 54.6 Å². The van der Waals surface area contributed by atoms with Crippen molar-refractivity contribution in [3.63, 3.8) is 0 Å². The zero-order valence-corrected chi connectivity index (χ0v) is 18.4. The fraction of sp³-hybridized carbons (Fsp3) is 0.333. The molecule has 2 aromatic carbocycles. The molecule has 162 valence electrons. The lowest BCUT2D eigenvalue weighted by molar-refractivity contribution is 0.423. The Hall–Kier alpha value is -2.77. The maximum absolute atomic E-state index is 12.9. The Morgan fingerprint density at radius 2 is 1.52 bits per heavy atom. The molecule has 0 amide bonds. The Morgan fingerprint density at radius 3 is 2.16 bits per heavy atom. The van der Waals surface area contributed by atoms with Gasteiger partial charge < -0.3 is 5.32 Å². The summed E-state index contributed by atoms with van der Waals surface area (Å²) in [5.41, 5.74) is 2.96. The van der Waals surface area contributed by atoms with E-state index in [-0.39, 0.29) is 0 Å². The molecule has 0 aliphatic carbocycles. The first-order chi connectivity index (χ1) is 15.1. The molecule has 0 saturated carbocycles. The molecule has 0 radical (unpaired) electrons. The average molecular weight is 437 g/mol. The van der Waals surface area contributed by atoms with Crippen molar-refractivity contribution in [2.45, 2.75) is 37.0 Å². The second-order valence-corrected chi connectivity index (χ2v) is 9.75. The SMILES string of the molecule is O=S(=O)(c1ccc(CCNc2ccc(-c3ccccc3)nn2)cc1)N1CCCCCC1. The minimum atomic E-state index is -3.39. The van der Waals surface area contributed by atoms with Gasteiger partial charge in [0.2, 0.25) is 10.0 Å². The van der Waals surface area contributed by atoms with Gasteiger partial charge in [-0.25, -0.2) is 8.42 Å². The number of rotatable bonds is 7. The molecule has 6 nitrogen and oxygen atoms in total. The van der Waals surface area contributed by atoms with Gasteiger partial charge in [0.05, 0.1) is 10.6 Å². The molecular weight excluding hydrogens is 408 g/mol. The summed E-state index contributed by atoms with van der Waals surface area (Å²) >= 11 is 0. The van der Waals surface area contributed by atoms with E-state index in [0.29, 0.717) is 24.5 Å². The maximum atomic E-state index is 12.9. The van der Waals surface area contributed by atoms with Crippen molar-refractivity contribution in [2.75, 3.05) is 25.0 Å². The van der Waals surface area contributed by atoms with E-state index in [1.54, 1.807) is 16.4 Å². The second-order valence-electron chi connectivity index (χ2n) is 7.81. The standard InChI is InChI=1S/C24H28N4O2S/c29-31(30,28-18-6-1-2-7-19-28)22-12-10-20(11-13-22)16-17-25-24-15-14-23(26-27-24)21-8-4-3-5-9-21/h3-5,8-15H,1-2,6-7,16-19H2,(H,25,27). The van der Waals surface area contributed by atoms with Crippen LogP contribution in [0.3, 0.4) is 0 Å². The van der Waals surface area contributed by atoms with Crippen LogP contribution >= 0.6 is 0 Å². The van der Waals surface area contributed by atoms with Crippen molar-refractivity contribution in [3.05, 3.63) is 72.3 Å². The highest BCUT2D eigenvalue weighted by molar-refractivity contribution is 7.89. The highest BCUT2D eigenvalue weighted by Gasteiger charge is 2.24. The molecule has 0 atom stereocenters. The van der Waals surface area contributed by atoms with Crippen molar-refractivity contribution in [1.29, 1.82) is 0 Å². The van der Waals surface area contributed by atoms with E-state index in [4.69, 9.17) is 0 Å². The summed E-state index contributed by atoms with van der Waals surface area (Å²) in [6.45, 7) is 1.94. The summed E-state index contributed by atoms with van der Waals surface area (Å²) in [4.78, 5) is 0.383. The first kappa shape index (κ1) is 21.5. The molecule has 1 N–H and O–H groups in total. The topological polar surface area (TPSA) is 75.2 Å². The molecule has 2 heterocycles. The third kappa shape index (κ3) is 5.48. The first-order valence-corrected chi connectivity index (χ1v) is 12.3. The fourth-order valence-electron chi connectivity index (χ4n) is 3.78. The third-order valence-corrected chi connectivity index (χ3v) is 7.49. The molecule has 1 fully saturated rings. The summed E-state index contributed by atoms with van der Waals surface area (Å²) in [7, 11) is -3.39. The molecule has 1 aromatic heterocycles. The summed E-state index contributed by atoms with van der Waals surface area (Å²) in [5.74, 6) is 0.722. The van der Waals surface area contributed by atoms with Crippen LogP contribution in [0.1, 0.15) is 31.2 Å².